The van der Waals surface area contributed by atoms with Gasteiger partial charge in [-0.1, -0.05) is 50.8 Å². The average molecular weight is 316 g/mol. The summed E-state index contributed by atoms with van der Waals surface area (Å²) in [5.41, 5.74) is -0.775. The highest BCUT2D eigenvalue weighted by molar-refractivity contribution is 6.07. The van der Waals surface area contributed by atoms with Crippen molar-refractivity contribution in [3.63, 3.8) is 0 Å². The first-order valence-corrected chi connectivity index (χ1v) is 7.22. The summed E-state index contributed by atoms with van der Waals surface area (Å²) < 4.78 is 39.4. The highest BCUT2D eigenvalue weighted by atomic mass is 19.4. The van der Waals surface area contributed by atoms with Gasteiger partial charge >= 0.3 is 12.1 Å². The summed E-state index contributed by atoms with van der Waals surface area (Å²) in [4.78, 5) is 23.3. The second-order valence-electron chi connectivity index (χ2n) is 5.16. The van der Waals surface area contributed by atoms with Gasteiger partial charge in [0, 0.05) is 5.56 Å². The Kier molecular flexibility index (Phi) is 6.59. The van der Waals surface area contributed by atoms with Crippen molar-refractivity contribution >= 4 is 11.8 Å². The molecule has 3 nitrogen and oxygen atoms in total. The van der Waals surface area contributed by atoms with Crippen molar-refractivity contribution in [2.45, 2.75) is 45.2 Å². The number of hydrogen-bond donors (Lipinski definition) is 1. The van der Waals surface area contributed by atoms with Crippen LogP contribution >= 0.6 is 0 Å². The number of aromatic carboxylic acids is 1. The zero-order valence-corrected chi connectivity index (χ0v) is 12.3. The molecule has 1 atom stereocenters. The van der Waals surface area contributed by atoms with Crippen LogP contribution in [0.3, 0.4) is 0 Å². The Morgan fingerprint density at radius 2 is 1.68 bits per heavy atom. The summed E-state index contributed by atoms with van der Waals surface area (Å²) in [6.07, 6.45) is -2.38. The van der Waals surface area contributed by atoms with E-state index in [0.29, 0.717) is 12.8 Å². The molecule has 0 aliphatic heterocycles. The van der Waals surface area contributed by atoms with E-state index in [4.69, 9.17) is 5.11 Å². The number of carbonyl (C=O) groups is 2. The molecule has 0 heterocycles. The van der Waals surface area contributed by atoms with Gasteiger partial charge in [-0.25, -0.2) is 4.79 Å². The normalized spacial score (nSPS) is 12.9. The van der Waals surface area contributed by atoms with Crippen LogP contribution in [0.1, 0.15) is 59.7 Å². The van der Waals surface area contributed by atoms with Gasteiger partial charge in [0.2, 0.25) is 0 Å². The monoisotopic (exact) mass is 316 g/mol. The first-order valence-electron chi connectivity index (χ1n) is 7.22. The molecule has 1 aromatic carbocycles. The van der Waals surface area contributed by atoms with Crippen molar-refractivity contribution in [3.05, 3.63) is 35.4 Å². The number of benzene rings is 1. The molecule has 1 unspecified atom stereocenters. The maximum absolute atomic E-state index is 13.1. The molecule has 0 saturated carbocycles. The molecule has 0 spiro atoms. The minimum atomic E-state index is -4.67. The Morgan fingerprint density at radius 3 is 2.18 bits per heavy atom. The van der Waals surface area contributed by atoms with Gasteiger partial charge in [0.1, 0.15) is 5.92 Å². The van der Waals surface area contributed by atoms with E-state index in [1.807, 2.05) is 6.92 Å². The van der Waals surface area contributed by atoms with E-state index in [2.05, 4.69) is 0 Å². The van der Waals surface area contributed by atoms with E-state index < -0.39 is 29.4 Å². The molecule has 0 aromatic heterocycles. The Bertz CT molecular complexity index is 524. The van der Waals surface area contributed by atoms with Crippen LogP contribution in [0.4, 0.5) is 13.2 Å². The number of rotatable bonds is 8. The minimum absolute atomic E-state index is 0.291. The lowest BCUT2D eigenvalue weighted by Gasteiger charge is -2.20. The zero-order chi connectivity index (χ0) is 16.8. The van der Waals surface area contributed by atoms with Crippen LogP contribution in [0.5, 0.6) is 0 Å². The molecule has 122 valence electrons. The van der Waals surface area contributed by atoms with Crippen molar-refractivity contribution < 1.29 is 27.9 Å². The number of carboxylic acid groups (broad SMARTS) is 1. The molecule has 0 aliphatic carbocycles. The van der Waals surface area contributed by atoms with Gasteiger partial charge < -0.3 is 5.11 Å². The second-order valence-corrected chi connectivity index (χ2v) is 5.16. The molecule has 1 aromatic rings. The minimum Gasteiger partial charge on any atom is -0.478 e. The summed E-state index contributed by atoms with van der Waals surface area (Å²) in [7, 11) is 0. The summed E-state index contributed by atoms with van der Waals surface area (Å²) >= 11 is 0. The standard InChI is InChI=1S/C16H19F3O3/c1-2-3-4-5-10-13(16(17,18)19)14(20)11-8-6-7-9-12(11)15(21)22/h6-9,13H,2-5,10H2,1H3,(H,21,22). The lowest BCUT2D eigenvalue weighted by atomic mass is 9.89. The summed E-state index contributed by atoms with van der Waals surface area (Å²) in [6, 6.07) is 5.02. The number of ketones is 1. The van der Waals surface area contributed by atoms with Gasteiger partial charge in [0.25, 0.3) is 0 Å². The molecular weight excluding hydrogens is 297 g/mol. The third-order valence-electron chi connectivity index (χ3n) is 3.48. The lowest BCUT2D eigenvalue weighted by Crippen LogP contribution is -2.31. The summed E-state index contributed by atoms with van der Waals surface area (Å²) in [5.74, 6) is -4.72. The van der Waals surface area contributed by atoms with Crippen molar-refractivity contribution in [1.82, 2.24) is 0 Å². The third kappa shape index (κ3) is 4.86. The summed E-state index contributed by atoms with van der Waals surface area (Å²) in [6.45, 7) is 1.94. The predicted molar refractivity (Wildman–Crippen MR) is 76.0 cm³/mol. The van der Waals surface area contributed by atoms with Crippen LogP contribution in [0.15, 0.2) is 24.3 Å². The van der Waals surface area contributed by atoms with Crippen LogP contribution in [0.25, 0.3) is 0 Å². The molecule has 0 aliphatic rings. The highest BCUT2D eigenvalue weighted by Crippen LogP contribution is 2.34. The number of halogens is 3. The van der Waals surface area contributed by atoms with Crippen molar-refractivity contribution in [2.24, 2.45) is 5.92 Å². The topological polar surface area (TPSA) is 54.4 Å². The number of Topliss-reactive ketones (excluding diaryl/α,β-unsaturated/α-hetero) is 1. The lowest BCUT2D eigenvalue weighted by molar-refractivity contribution is -0.162. The maximum Gasteiger partial charge on any atom is 0.398 e. The fraction of sp³-hybridized carbons (Fsp3) is 0.500. The molecule has 0 saturated heterocycles. The van der Waals surface area contributed by atoms with Crippen molar-refractivity contribution in [1.29, 1.82) is 0 Å². The van der Waals surface area contributed by atoms with Gasteiger partial charge in [0.05, 0.1) is 5.56 Å². The average Bonchev–Trinajstić information content (AvgIpc) is 2.45. The molecule has 6 heteroatoms. The fourth-order valence-electron chi connectivity index (χ4n) is 2.29. The number of carboxylic acids is 1. The quantitative estimate of drug-likeness (QED) is 0.558. The number of carbonyl (C=O) groups excluding carboxylic acids is 1. The first-order chi connectivity index (χ1) is 10.3. The van der Waals surface area contributed by atoms with Gasteiger partial charge in [-0.2, -0.15) is 13.2 Å². The Labute approximate surface area is 127 Å². The van der Waals surface area contributed by atoms with E-state index >= 15 is 0 Å². The molecule has 22 heavy (non-hydrogen) atoms. The van der Waals surface area contributed by atoms with Gasteiger partial charge in [0.15, 0.2) is 5.78 Å². The highest BCUT2D eigenvalue weighted by Gasteiger charge is 2.44. The Balaban J connectivity index is 3.00. The summed E-state index contributed by atoms with van der Waals surface area (Å²) in [5, 5.41) is 9.01. The van der Waals surface area contributed by atoms with Gasteiger partial charge in [-0.05, 0) is 12.5 Å². The van der Waals surface area contributed by atoms with Crippen LogP contribution in [0, 0.1) is 5.92 Å². The van der Waals surface area contributed by atoms with Gasteiger partial charge in [-0.15, -0.1) is 0 Å². The number of alkyl halides is 3. The molecular formula is C16H19F3O3. The zero-order valence-electron chi connectivity index (χ0n) is 12.3. The molecule has 1 N–H and O–H groups in total. The van der Waals surface area contributed by atoms with E-state index in [1.165, 1.54) is 12.1 Å². The third-order valence-corrected chi connectivity index (χ3v) is 3.48. The smallest absolute Gasteiger partial charge is 0.398 e. The maximum atomic E-state index is 13.1. The Morgan fingerprint density at radius 1 is 1.09 bits per heavy atom. The second kappa shape index (κ2) is 7.96. The van der Waals surface area contributed by atoms with E-state index in [1.54, 1.807) is 0 Å². The van der Waals surface area contributed by atoms with Crippen molar-refractivity contribution in [3.8, 4) is 0 Å². The van der Waals surface area contributed by atoms with E-state index in [0.717, 1.165) is 25.0 Å². The molecule has 0 bridgehead atoms. The molecule has 1 rings (SSSR count). The molecule has 0 amide bonds. The van der Waals surface area contributed by atoms with Crippen LogP contribution in [-0.2, 0) is 0 Å². The van der Waals surface area contributed by atoms with Crippen LogP contribution in [0.2, 0.25) is 0 Å². The Hall–Kier alpha value is -1.85. The first kappa shape index (κ1) is 18.2. The van der Waals surface area contributed by atoms with Crippen LogP contribution < -0.4 is 0 Å². The fourth-order valence-corrected chi connectivity index (χ4v) is 2.29. The predicted octanol–water partition coefficient (Wildman–Crippen LogP) is 4.72. The van der Waals surface area contributed by atoms with Crippen molar-refractivity contribution in [2.75, 3.05) is 0 Å². The number of hydrogen-bond acceptors (Lipinski definition) is 2. The molecule has 0 radical (unpaired) electrons. The SMILES string of the molecule is CCCCCCC(C(=O)c1ccccc1C(=O)O)C(F)(F)F. The number of unbranched alkanes of at least 4 members (excludes halogenated alkanes) is 3. The van der Waals surface area contributed by atoms with Gasteiger partial charge in [-0.3, -0.25) is 4.79 Å². The van der Waals surface area contributed by atoms with E-state index in [-0.39, 0.29) is 12.0 Å². The largest absolute Gasteiger partial charge is 0.478 e. The molecule has 0 fully saturated rings. The van der Waals surface area contributed by atoms with Crippen LogP contribution in [-0.4, -0.2) is 23.0 Å². The van der Waals surface area contributed by atoms with E-state index in [9.17, 15) is 22.8 Å².